The highest BCUT2D eigenvalue weighted by molar-refractivity contribution is 6.31. The Balaban J connectivity index is 1.29. The van der Waals surface area contributed by atoms with Crippen LogP contribution in [-0.4, -0.2) is 31.7 Å². The Hall–Kier alpha value is -2.51. The minimum atomic E-state index is -0.165. The zero-order chi connectivity index (χ0) is 19.4. The molecule has 2 aliphatic carbocycles. The number of imide groups is 1. The molecule has 1 aliphatic heterocycles. The van der Waals surface area contributed by atoms with Gasteiger partial charge in [-0.3, -0.25) is 14.5 Å². The summed E-state index contributed by atoms with van der Waals surface area (Å²) in [5.41, 5.74) is 1.60. The van der Waals surface area contributed by atoms with Crippen molar-refractivity contribution in [3.05, 3.63) is 52.5 Å². The van der Waals surface area contributed by atoms with E-state index in [1.165, 1.54) is 4.90 Å². The standard InChI is InChI=1S/C19H15Cl2N5O2/c20-17-23-18(21)25-19(24-17)22-12-5-1-9(2-6-12)8-26-15(27)13-10-3-4-11(7-10)14(13)16(26)28/h1-6,10-11,13-14H,7-8H2,(H,22,23,24,25)/t10-,11+,13-,14+. The van der Waals surface area contributed by atoms with Crippen molar-refractivity contribution in [1.29, 1.82) is 0 Å². The maximum Gasteiger partial charge on any atom is 0.234 e. The monoisotopic (exact) mass is 415 g/mol. The normalized spacial score (nSPS) is 27.6. The van der Waals surface area contributed by atoms with Crippen molar-refractivity contribution in [2.45, 2.75) is 13.0 Å². The summed E-state index contributed by atoms with van der Waals surface area (Å²) in [6.07, 6.45) is 5.13. The number of anilines is 2. The molecule has 2 heterocycles. The molecule has 2 aromatic rings. The molecule has 2 amide bonds. The molecule has 3 aliphatic rings. The number of allylic oxidation sites excluding steroid dienone is 2. The summed E-state index contributed by atoms with van der Waals surface area (Å²) in [5.74, 6) is 0.276. The molecule has 9 heteroatoms. The van der Waals surface area contributed by atoms with Gasteiger partial charge in [-0.05, 0) is 59.2 Å². The first-order valence-electron chi connectivity index (χ1n) is 8.96. The van der Waals surface area contributed by atoms with E-state index in [0.29, 0.717) is 0 Å². The van der Waals surface area contributed by atoms with Crippen LogP contribution < -0.4 is 5.32 Å². The van der Waals surface area contributed by atoms with Gasteiger partial charge in [-0.15, -0.1) is 0 Å². The van der Waals surface area contributed by atoms with Gasteiger partial charge in [0.2, 0.25) is 28.3 Å². The smallest absolute Gasteiger partial charge is 0.234 e. The van der Waals surface area contributed by atoms with Gasteiger partial charge < -0.3 is 5.32 Å². The fourth-order valence-electron chi connectivity index (χ4n) is 4.51. The molecular weight excluding hydrogens is 401 g/mol. The van der Waals surface area contributed by atoms with Gasteiger partial charge in [0.05, 0.1) is 18.4 Å². The van der Waals surface area contributed by atoms with Gasteiger partial charge in [-0.25, -0.2) is 0 Å². The molecule has 0 radical (unpaired) electrons. The van der Waals surface area contributed by atoms with Crippen LogP contribution in [0.1, 0.15) is 12.0 Å². The number of nitrogens with one attached hydrogen (secondary N) is 1. The number of halogens is 2. The second kappa shape index (κ2) is 6.53. The van der Waals surface area contributed by atoms with E-state index in [1.54, 1.807) is 0 Å². The molecule has 142 valence electrons. The first kappa shape index (κ1) is 17.6. The van der Waals surface area contributed by atoms with Gasteiger partial charge >= 0.3 is 0 Å². The number of carbonyl (C=O) groups is 2. The van der Waals surface area contributed by atoms with Crippen molar-refractivity contribution >= 4 is 46.7 Å². The van der Waals surface area contributed by atoms with Crippen molar-refractivity contribution in [3.63, 3.8) is 0 Å². The van der Waals surface area contributed by atoms with E-state index in [1.807, 2.05) is 24.3 Å². The topological polar surface area (TPSA) is 88.1 Å². The van der Waals surface area contributed by atoms with Gasteiger partial charge in [0.25, 0.3) is 0 Å². The Morgan fingerprint density at radius 3 is 2.07 bits per heavy atom. The van der Waals surface area contributed by atoms with E-state index < -0.39 is 0 Å². The predicted molar refractivity (Wildman–Crippen MR) is 103 cm³/mol. The van der Waals surface area contributed by atoms with E-state index in [-0.39, 0.29) is 58.5 Å². The number of fused-ring (bicyclic) bond motifs is 5. The lowest BCUT2D eigenvalue weighted by Gasteiger charge is -2.17. The van der Waals surface area contributed by atoms with Crippen molar-refractivity contribution in [3.8, 4) is 0 Å². The molecule has 1 aromatic carbocycles. The number of amides is 2. The van der Waals surface area contributed by atoms with Gasteiger partial charge in [0, 0.05) is 5.69 Å². The van der Waals surface area contributed by atoms with Crippen LogP contribution in [0.2, 0.25) is 10.6 Å². The van der Waals surface area contributed by atoms with Crippen LogP contribution in [0, 0.1) is 23.7 Å². The number of benzene rings is 1. The molecule has 5 rings (SSSR count). The summed E-state index contributed by atoms with van der Waals surface area (Å²) < 4.78 is 0. The Morgan fingerprint density at radius 2 is 1.50 bits per heavy atom. The quantitative estimate of drug-likeness (QED) is 0.608. The average molecular weight is 416 g/mol. The number of carbonyl (C=O) groups excluding carboxylic acids is 2. The summed E-state index contributed by atoms with van der Waals surface area (Å²) in [6.45, 7) is 0.286. The zero-order valence-corrected chi connectivity index (χ0v) is 16.1. The second-order valence-electron chi connectivity index (χ2n) is 7.28. The lowest BCUT2D eigenvalue weighted by Crippen LogP contribution is -2.32. The summed E-state index contributed by atoms with van der Waals surface area (Å²) in [7, 11) is 0. The minimum absolute atomic E-state index is 0.000756. The number of aromatic nitrogens is 3. The molecule has 0 spiro atoms. The second-order valence-corrected chi connectivity index (χ2v) is 7.96. The Kier molecular flexibility index (Phi) is 4.10. The van der Waals surface area contributed by atoms with E-state index in [9.17, 15) is 9.59 Å². The molecule has 28 heavy (non-hydrogen) atoms. The number of hydrogen-bond acceptors (Lipinski definition) is 6. The van der Waals surface area contributed by atoms with Gasteiger partial charge in [0.15, 0.2) is 0 Å². The first-order valence-corrected chi connectivity index (χ1v) is 9.72. The van der Waals surface area contributed by atoms with Crippen molar-refractivity contribution in [2.24, 2.45) is 23.7 Å². The van der Waals surface area contributed by atoms with Gasteiger partial charge in [-0.1, -0.05) is 24.3 Å². The third-order valence-corrected chi connectivity index (χ3v) is 6.03. The lowest BCUT2D eigenvalue weighted by atomic mass is 9.85. The van der Waals surface area contributed by atoms with Gasteiger partial charge in [-0.2, -0.15) is 15.0 Å². The fraction of sp³-hybridized carbons (Fsp3) is 0.316. The average Bonchev–Trinajstić information content (AvgIpc) is 3.32. The molecule has 7 nitrogen and oxygen atoms in total. The van der Waals surface area contributed by atoms with Gasteiger partial charge in [0.1, 0.15) is 0 Å². The maximum atomic E-state index is 12.8. The fourth-order valence-corrected chi connectivity index (χ4v) is 4.87. The molecule has 0 unspecified atom stereocenters. The van der Waals surface area contributed by atoms with Crippen molar-refractivity contribution in [1.82, 2.24) is 19.9 Å². The van der Waals surface area contributed by atoms with Crippen molar-refractivity contribution < 1.29 is 9.59 Å². The molecule has 2 bridgehead atoms. The highest BCUT2D eigenvalue weighted by Gasteiger charge is 2.59. The third-order valence-electron chi connectivity index (χ3n) is 5.69. The van der Waals surface area contributed by atoms with Crippen LogP contribution in [0.15, 0.2) is 36.4 Å². The number of hydrogen-bond donors (Lipinski definition) is 1. The molecule has 1 aromatic heterocycles. The minimum Gasteiger partial charge on any atom is -0.324 e. The van der Waals surface area contributed by atoms with E-state index in [2.05, 4.69) is 32.4 Å². The van der Waals surface area contributed by atoms with E-state index in [4.69, 9.17) is 23.2 Å². The van der Waals surface area contributed by atoms with Crippen LogP contribution in [0.5, 0.6) is 0 Å². The van der Waals surface area contributed by atoms with Crippen LogP contribution >= 0.6 is 23.2 Å². The summed E-state index contributed by atoms with van der Waals surface area (Å²) in [5, 5.41) is 2.99. The van der Waals surface area contributed by atoms with E-state index in [0.717, 1.165) is 17.7 Å². The number of rotatable bonds is 4. The van der Waals surface area contributed by atoms with Crippen molar-refractivity contribution in [2.75, 3.05) is 5.32 Å². The maximum absolute atomic E-state index is 12.8. The molecule has 1 N–H and O–H groups in total. The van der Waals surface area contributed by atoms with Crippen LogP contribution in [0.3, 0.4) is 0 Å². The molecule has 1 saturated heterocycles. The van der Waals surface area contributed by atoms with E-state index >= 15 is 0 Å². The highest BCUT2D eigenvalue weighted by Crippen LogP contribution is 2.52. The molecule has 4 atom stereocenters. The zero-order valence-electron chi connectivity index (χ0n) is 14.5. The largest absolute Gasteiger partial charge is 0.324 e. The Bertz CT molecular complexity index is 960. The van der Waals surface area contributed by atoms with Crippen LogP contribution in [0.25, 0.3) is 0 Å². The van der Waals surface area contributed by atoms with Crippen LogP contribution in [0.4, 0.5) is 11.6 Å². The number of likely N-dealkylation sites (tertiary alicyclic amines) is 1. The lowest BCUT2D eigenvalue weighted by molar-refractivity contribution is -0.141. The SMILES string of the molecule is O=C1[C@@H]2[C@H](C(=O)N1Cc1ccc(Nc3nc(Cl)nc(Cl)n3)cc1)[C@@H]1C=C[C@H]2C1. The summed E-state index contributed by atoms with van der Waals surface area (Å²) in [6, 6.07) is 7.35. The summed E-state index contributed by atoms with van der Waals surface area (Å²) >= 11 is 11.5. The molecule has 2 fully saturated rings. The highest BCUT2D eigenvalue weighted by atomic mass is 35.5. The molecular formula is C19H15Cl2N5O2. The predicted octanol–water partition coefficient (Wildman–Crippen LogP) is 3.23. The Labute approximate surface area is 170 Å². The van der Waals surface area contributed by atoms with Crippen LogP contribution in [-0.2, 0) is 16.1 Å². The molecule has 1 saturated carbocycles. The summed E-state index contributed by atoms with van der Waals surface area (Å²) in [4.78, 5) is 38.6. The third kappa shape index (κ3) is 2.86. The first-order chi connectivity index (χ1) is 13.5. The number of nitrogens with zero attached hydrogens (tertiary/aromatic N) is 4. The Morgan fingerprint density at radius 1 is 0.929 bits per heavy atom.